The van der Waals surface area contributed by atoms with Crippen LogP contribution in [0, 0.1) is 6.92 Å². The number of nitrogens with zero attached hydrogens (tertiary/aromatic N) is 4. The second-order valence-electron chi connectivity index (χ2n) is 4.69. The monoisotopic (exact) mass is 298 g/mol. The van der Waals surface area contributed by atoms with Gasteiger partial charge in [0.15, 0.2) is 5.82 Å². The van der Waals surface area contributed by atoms with Gasteiger partial charge in [-0.25, -0.2) is 14.8 Å². The minimum absolute atomic E-state index is 0.221. The van der Waals surface area contributed by atoms with E-state index in [2.05, 4.69) is 19.7 Å². The van der Waals surface area contributed by atoms with Crippen LogP contribution < -0.4 is 0 Å². The number of furan rings is 1. The average molecular weight is 298 g/mol. The lowest BCUT2D eigenvalue weighted by atomic mass is 10.2. The highest BCUT2D eigenvalue weighted by atomic mass is 16.5. The summed E-state index contributed by atoms with van der Waals surface area (Å²) in [5.74, 6) is 1.06. The Kier molecular flexibility index (Phi) is 3.69. The summed E-state index contributed by atoms with van der Waals surface area (Å²) in [5, 5.41) is 0. The second kappa shape index (κ2) is 5.80. The molecule has 7 heteroatoms. The number of carbonyl (C=O) groups excluding carboxylic acids is 1. The van der Waals surface area contributed by atoms with Gasteiger partial charge >= 0.3 is 5.97 Å². The topological polar surface area (TPSA) is 83.0 Å². The largest absolute Gasteiger partial charge is 0.463 e. The van der Waals surface area contributed by atoms with Crippen molar-refractivity contribution in [3.8, 4) is 11.5 Å². The highest BCUT2D eigenvalue weighted by molar-refractivity contribution is 5.87. The molecular weight excluding hydrogens is 284 g/mol. The van der Waals surface area contributed by atoms with Crippen molar-refractivity contribution >= 4 is 5.97 Å². The fraction of sp³-hybridized carbons (Fsp3) is 0.200. The molecule has 0 aliphatic heterocycles. The molecule has 0 spiro atoms. The third-order valence-corrected chi connectivity index (χ3v) is 3.17. The molecule has 112 valence electrons. The van der Waals surface area contributed by atoms with E-state index >= 15 is 0 Å². The molecule has 0 saturated carbocycles. The summed E-state index contributed by atoms with van der Waals surface area (Å²) in [7, 11) is 1.33. The molecule has 3 aromatic rings. The summed E-state index contributed by atoms with van der Waals surface area (Å²) in [6, 6.07) is 1.81. The molecule has 0 saturated heterocycles. The molecule has 3 rings (SSSR count). The maximum atomic E-state index is 11.6. The molecule has 0 bridgehead atoms. The van der Waals surface area contributed by atoms with Crippen LogP contribution in [-0.2, 0) is 11.3 Å². The van der Waals surface area contributed by atoms with Crippen molar-refractivity contribution in [1.82, 2.24) is 19.5 Å². The standard InChI is InChI=1S/C15H14N4O3/c1-10-7-11(22-13(10)15(20)21-2)9-19-6-5-18-14(19)12-8-16-3-4-17-12/h3-8H,9H2,1-2H3. The highest BCUT2D eigenvalue weighted by Gasteiger charge is 2.17. The van der Waals surface area contributed by atoms with Crippen LogP contribution in [0.3, 0.4) is 0 Å². The first-order chi connectivity index (χ1) is 10.7. The number of esters is 1. The van der Waals surface area contributed by atoms with E-state index in [1.165, 1.54) is 7.11 Å². The molecule has 0 N–H and O–H groups in total. The predicted molar refractivity (Wildman–Crippen MR) is 77.1 cm³/mol. The molecule has 0 aromatic carbocycles. The van der Waals surface area contributed by atoms with Crippen LogP contribution in [0.2, 0.25) is 0 Å². The molecule has 7 nitrogen and oxygen atoms in total. The number of carbonyl (C=O) groups is 1. The van der Waals surface area contributed by atoms with E-state index in [4.69, 9.17) is 4.42 Å². The molecule has 0 fully saturated rings. The molecule has 0 atom stereocenters. The van der Waals surface area contributed by atoms with Crippen molar-refractivity contribution in [3.63, 3.8) is 0 Å². The fourth-order valence-corrected chi connectivity index (χ4v) is 2.17. The lowest BCUT2D eigenvalue weighted by Gasteiger charge is -2.04. The number of rotatable bonds is 4. The Bertz CT molecular complexity index is 792. The zero-order chi connectivity index (χ0) is 15.5. The Morgan fingerprint density at radius 3 is 2.91 bits per heavy atom. The van der Waals surface area contributed by atoms with Gasteiger partial charge in [0.1, 0.15) is 11.5 Å². The van der Waals surface area contributed by atoms with Gasteiger partial charge in [-0.05, 0) is 13.0 Å². The maximum absolute atomic E-state index is 11.6. The van der Waals surface area contributed by atoms with Crippen LogP contribution >= 0.6 is 0 Å². The van der Waals surface area contributed by atoms with Crippen molar-refractivity contribution < 1.29 is 13.9 Å². The minimum atomic E-state index is -0.483. The van der Waals surface area contributed by atoms with Crippen LogP contribution in [0.1, 0.15) is 21.9 Å². The lowest BCUT2D eigenvalue weighted by molar-refractivity contribution is 0.0561. The van der Waals surface area contributed by atoms with Crippen molar-refractivity contribution in [2.75, 3.05) is 7.11 Å². The number of ether oxygens (including phenoxy) is 1. The summed E-state index contributed by atoms with van der Waals surface area (Å²) in [6.07, 6.45) is 8.36. The molecular formula is C15H14N4O3. The fourth-order valence-electron chi connectivity index (χ4n) is 2.17. The lowest BCUT2D eigenvalue weighted by Crippen LogP contribution is -2.02. The number of methoxy groups -OCH3 is 1. The summed E-state index contributed by atoms with van der Waals surface area (Å²) in [6.45, 7) is 2.24. The summed E-state index contributed by atoms with van der Waals surface area (Å²) in [4.78, 5) is 24.2. The predicted octanol–water partition coefficient (Wildman–Crippen LogP) is 2.08. The van der Waals surface area contributed by atoms with E-state index in [9.17, 15) is 4.79 Å². The van der Waals surface area contributed by atoms with Crippen molar-refractivity contribution in [3.05, 3.63) is 54.1 Å². The maximum Gasteiger partial charge on any atom is 0.374 e. The van der Waals surface area contributed by atoms with Crippen LogP contribution in [0.4, 0.5) is 0 Å². The van der Waals surface area contributed by atoms with Gasteiger partial charge in [-0.15, -0.1) is 0 Å². The molecule has 0 radical (unpaired) electrons. The Hall–Kier alpha value is -2.96. The SMILES string of the molecule is COC(=O)c1oc(Cn2ccnc2-c2cnccn2)cc1C. The van der Waals surface area contributed by atoms with E-state index < -0.39 is 5.97 Å². The van der Waals surface area contributed by atoms with Crippen molar-refractivity contribution in [2.24, 2.45) is 0 Å². The van der Waals surface area contributed by atoms with Crippen LogP contribution in [0.5, 0.6) is 0 Å². The first-order valence-electron chi connectivity index (χ1n) is 6.64. The zero-order valence-corrected chi connectivity index (χ0v) is 12.2. The first-order valence-corrected chi connectivity index (χ1v) is 6.64. The van der Waals surface area contributed by atoms with Gasteiger partial charge in [-0.3, -0.25) is 4.98 Å². The second-order valence-corrected chi connectivity index (χ2v) is 4.69. The Morgan fingerprint density at radius 2 is 2.18 bits per heavy atom. The quantitative estimate of drug-likeness (QED) is 0.686. The molecule has 0 aliphatic rings. The van der Waals surface area contributed by atoms with Gasteiger partial charge in [0, 0.05) is 30.4 Å². The van der Waals surface area contributed by atoms with E-state index in [0.29, 0.717) is 23.8 Å². The summed E-state index contributed by atoms with van der Waals surface area (Å²) >= 11 is 0. The molecule has 22 heavy (non-hydrogen) atoms. The normalized spacial score (nSPS) is 10.6. The summed E-state index contributed by atoms with van der Waals surface area (Å²) < 4.78 is 12.1. The van der Waals surface area contributed by atoms with E-state index in [-0.39, 0.29) is 5.76 Å². The van der Waals surface area contributed by atoms with Gasteiger partial charge in [-0.1, -0.05) is 0 Å². The number of hydrogen-bond acceptors (Lipinski definition) is 6. The molecule has 0 aliphatic carbocycles. The summed E-state index contributed by atoms with van der Waals surface area (Å²) in [5.41, 5.74) is 1.41. The van der Waals surface area contributed by atoms with Gasteiger partial charge in [0.05, 0.1) is 19.9 Å². The average Bonchev–Trinajstić information content (AvgIpc) is 3.14. The van der Waals surface area contributed by atoms with Crippen LogP contribution in [-0.4, -0.2) is 32.6 Å². The van der Waals surface area contributed by atoms with Crippen molar-refractivity contribution in [2.45, 2.75) is 13.5 Å². The van der Waals surface area contributed by atoms with Crippen molar-refractivity contribution in [1.29, 1.82) is 0 Å². The molecule has 3 aromatic heterocycles. The third-order valence-electron chi connectivity index (χ3n) is 3.17. The number of aryl methyl sites for hydroxylation is 1. The van der Waals surface area contributed by atoms with E-state index in [1.54, 1.807) is 31.7 Å². The van der Waals surface area contributed by atoms with E-state index in [1.807, 2.05) is 16.8 Å². The van der Waals surface area contributed by atoms with Crippen LogP contribution in [0.15, 0.2) is 41.5 Å². The van der Waals surface area contributed by atoms with Gasteiger partial charge < -0.3 is 13.7 Å². The smallest absolute Gasteiger partial charge is 0.374 e. The first kappa shape index (κ1) is 14.0. The number of hydrogen-bond donors (Lipinski definition) is 0. The number of imidazole rings is 1. The highest BCUT2D eigenvalue weighted by Crippen LogP contribution is 2.19. The van der Waals surface area contributed by atoms with Gasteiger partial charge in [0.2, 0.25) is 5.76 Å². The zero-order valence-electron chi connectivity index (χ0n) is 12.2. The van der Waals surface area contributed by atoms with Crippen LogP contribution in [0.25, 0.3) is 11.5 Å². The van der Waals surface area contributed by atoms with E-state index in [0.717, 1.165) is 5.56 Å². The van der Waals surface area contributed by atoms with Gasteiger partial charge in [-0.2, -0.15) is 0 Å². The Labute approximate surface area is 126 Å². The molecule has 0 unspecified atom stereocenters. The Balaban J connectivity index is 1.89. The molecule has 3 heterocycles. The Morgan fingerprint density at radius 1 is 1.32 bits per heavy atom. The minimum Gasteiger partial charge on any atom is -0.463 e. The third kappa shape index (κ3) is 2.60. The number of aromatic nitrogens is 4. The van der Waals surface area contributed by atoms with Gasteiger partial charge in [0.25, 0.3) is 0 Å². The molecule has 0 amide bonds.